The minimum Gasteiger partial charge on any atom is -0.450 e. The van der Waals surface area contributed by atoms with Crippen LogP contribution in [0.4, 0.5) is 5.69 Å². The highest BCUT2D eigenvalue weighted by Gasteiger charge is 2.26. The van der Waals surface area contributed by atoms with Gasteiger partial charge in [0.25, 0.3) is 0 Å². The number of benzene rings is 3. The van der Waals surface area contributed by atoms with Crippen molar-refractivity contribution < 1.29 is 22.4 Å². The highest BCUT2D eigenvalue weighted by atomic mass is 79.9. The molecule has 190 valence electrons. The van der Waals surface area contributed by atoms with E-state index in [9.17, 15) is 18.0 Å². The van der Waals surface area contributed by atoms with Crippen molar-refractivity contribution in [3.63, 3.8) is 0 Å². The number of rotatable bonds is 8. The van der Waals surface area contributed by atoms with E-state index in [0.717, 1.165) is 23.7 Å². The van der Waals surface area contributed by atoms with Crippen molar-refractivity contribution >= 4 is 54.2 Å². The average molecular weight is 581 g/mol. The van der Waals surface area contributed by atoms with E-state index in [1.165, 1.54) is 28.6 Å². The summed E-state index contributed by atoms with van der Waals surface area (Å²) in [6, 6.07) is 20.2. The summed E-state index contributed by atoms with van der Waals surface area (Å²) >= 11 is 3.37. The van der Waals surface area contributed by atoms with Crippen molar-refractivity contribution in [2.24, 2.45) is 0 Å². The fourth-order valence-electron chi connectivity index (χ4n) is 4.45. The van der Waals surface area contributed by atoms with Crippen LogP contribution >= 0.6 is 15.9 Å². The number of halogens is 1. The standard InChI is InChI=1S/C28H25BrN2O5S/c29-21-12-8-20(9-13-21)27(33)28-26(23-6-2-3-7-25(23)36-28)30-18-24(32)19-10-14-22(15-11-19)37(34,35)31-16-4-1-5-17-31/h2-3,6-15,30H,1,4-5,16-18H2. The molecule has 0 unspecified atom stereocenters. The lowest BCUT2D eigenvalue weighted by molar-refractivity contribution is 0.0997. The molecule has 1 fully saturated rings. The second kappa shape index (κ2) is 10.6. The van der Waals surface area contributed by atoms with Gasteiger partial charge in [0.05, 0.1) is 17.1 Å². The van der Waals surface area contributed by atoms with E-state index in [-0.39, 0.29) is 28.8 Å². The Morgan fingerprint density at radius 3 is 2.22 bits per heavy atom. The molecule has 0 atom stereocenters. The Labute approximate surface area is 223 Å². The minimum atomic E-state index is -3.57. The molecule has 7 nitrogen and oxygen atoms in total. The van der Waals surface area contributed by atoms with Crippen LogP contribution in [-0.4, -0.2) is 43.9 Å². The number of hydrogen-bond donors (Lipinski definition) is 1. The third kappa shape index (κ3) is 5.25. The summed E-state index contributed by atoms with van der Waals surface area (Å²) in [5.74, 6) is -0.417. The summed E-state index contributed by atoms with van der Waals surface area (Å²) in [6.07, 6.45) is 2.75. The second-order valence-electron chi connectivity index (χ2n) is 8.90. The summed E-state index contributed by atoms with van der Waals surface area (Å²) in [5.41, 5.74) is 1.81. The van der Waals surface area contributed by atoms with Gasteiger partial charge in [-0.25, -0.2) is 8.42 Å². The molecule has 2 heterocycles. The summed E-state index contributed by atoms with van der Waals surface area (Å²) in [5, 5.41) is 3.79. The summed E-state index contributed by atoms with van der Waals surface area (Å²) in [6.45, 7) is 0.947. The van der Waals surface area contributed by atoms with E-state index >= 15 is 0 Å². The molecule has 1 aliphatic heterocycles. The molecule has 0 amide bonds. The zero-order chi connectivity index (χ0) is 26.0. The van der Waals surface area contributed by atoms with Crippen molar-refractivity contribution in [2.45, 2.75) is 24.2 Å². The molecule has 1 aromatic heterocycles. The Balaban J connectivity index is 1.35. The lowest BCUT2D eigenvalue weighted by atomic mass is 10.1. The summed E-state index contributed by atoms with van der Waals surface area (Å²) in [4.78, 5) is 26.4. The smallest absolute Gasteiger partial charge is 0.243 e. The van der Waals surface area contributed by atoms with Gasteiger partial charge in [0, 0.05) is 34.1 Å². The van der Waals surface area contributed by atoms with Gasteiger partial charge >= 0.3 is 0 Å². The molecule has 3 aromatic carbocycles. The van der Waals surface area contributed by atoms with Gasteiger partial charge < -0.3 is 9.73 Å². The van der Waals surface area contributed by atoms with Crippen LogP contribution in [0.25, 0.3) is 11.0 Å². The molecule has 0 aliphatic carbocycles. The van der Waals surface area contributed by atoms with Gasteiger partial charge in [0.15, 0.2) is 11.5 Å². The van der Waals surface area contributed by atoms with Gasteiger partial charge in [0.2, 0.25) is 15.8 Å². The zero-order valence-corrected chi connectivity index (χ0v) is 22.3. The number of carbonyl (C=O) groups excluding carboxylic acids is 2. The topological polar surface area (TPSA) is 96.7 Å². The average Bonchev–Trinajstić information content (AvgIpc) is 3.31. The van der Waals surface area contributed by atoms with Crippen LogP contribution in [-0.2, 0) is 10.0 Å². The molecule has 0 saturated carbocycles. The molecule has 0 spiro atoms. The van der Waals surface area contributed by atoms with E-state index in [2.05, 4.69) is 21.2 Å². The highest BCUT2D eigenvalue weighted by molar-refractivity contribution is 9.10. The van der Waals surface area contributed by atoms with Crippen molar-refractivity contribution in [3.8, 4) is 0 Å². The number of carbonyl (C=O) groups is 2. The molecule has 1 N–H and O–H groups in total. The molecule has 37 heavy (non-hydrogen) atoms. The molecule has 1 saturated heterocycles. The summed E-state index contributed by atoms with van der Waals surface area (Å²) < 4.78 is 34.0. The van der Waals surface area contributed by atoms with E-state index in [1.807, 2.05) is 18.2 Å². The Morgan fingerprint density at radius 2 is 1.51 bits per heavy atom. The number of fused-ring (bicyclic) bond motifs is 1. The normalized spacial score (nSPS) is 14.5. The lowest BCUT2D eigenvalue weighted by Gasteiger charge is -2.25. The second-order valence-corrected chi connectivity index (χ2v) is 11.8. The molecule has 5 rings (SSSR count). The largest absolute Gasteiger partial charge is 0.450 e. The maximum Gasteiger partial charge on any atom is 0.243 e. The number of Topliss-reactive ketones (excluding diaryl/α,β-unsaturated/α-hetero) is 1. The Bertz CT molecular complexity index is 1550. The SMILES string of the molecule is O=C(CNc1c(C(=O)c2ccc(Br)cc2)oc2ccccc12)c1ccc(S(=O)(=O)N2CCCCC2)cc1. The third-order valence-electron chi connectivity index (χ3n) is 6.46. The maximum atomic E-state index is 13.2. The van der Waals surface area contributed by atoms with Gasteiger partial charge in [0.1, 0.15) is 5.58 Å². The van der Waals surface area contributed by atoms with Crippen LogP contribution in [0.3, 0.4) is 0 Å². The minimum absolute atomic E-state index is 0.0949. The maximum absolute atomic E-state index is 13.2. The number of ketones is 2. The van der Waals surface area contributed by atoms with Crippen molar-refractivity contribution in [2.75, 3.05) is 25.0 Å². The van der Waals surface area contributed by atoms with E-state index in [4.69, 9.17) is 4.42 Å². The number of hydrogen-bond acceptors (Lipinski definition) is 6. The number of anilines is 1. The van der Waals surface area contributed by atoms with Crippen molar-refractivity contribution in [3.05, 3.63) is 94.2 Å². The zero-order valence-electron chi connectivity index (χ0n) is 19.9. The first-order chi connectivity index (χ1) is 17.8. The van der Waals surface area contributed by atoms with E-state index < -0.39 is 10.0 Å². The van der Waals surface area contributed by atoms with Gasteiger partial charge in [-0.05, 0) is 73.5 Å². The van der Waals surface area contributed by atoms with Crippen LogP contribution in [0, 0.1) is 0 Å². The Hall–Kier alpha value is -3.27. The van der Waals surface area contributed by atoms with Gasteiger partial charge in [-0.2, -0.15) is 4.31 Å². The number of furan rings is 1. The molecular weight excluding hydrogens is 556 g/mol. The first-order valence-electron chi connectivity index (χ1n) is 12.0. The highest BCUT2D eigenvalue weighted by Crippen LogP contribution is 2.33. The van der Waals surface area contributed by atoms with Gasteiger partial charge in [-0.3, -0.25) is 9.59 Å². The van der Waals surface area contributed by atoms with Crippen LogP contribution < -0.4 is 5.32 Å². The number of piperidine rings is 1. The molecule has 4 aromatic rings. The van der Waals surface area contributed by atoms with Crippen molar-refractivity contribution in [1.29, 1.82) is 0 Å². The molecule has 1 aliphatic rings. The molecule has 0 radical (unpaired) electrons. The Morgan fingerprint density at radius 1 is 0.865 bits per heavy atom. The summed E-state index contributed by atoms with van der Waals surface area (Å²) in [7, 11) is -3.57. The van der Waals surface area contributed by atoms with Crippen LogP contribution in [0.5, 0.6) is 0 Å². The van der Waals surface area contributed by atoms with Crippen LogP contribution in [0.2, 0.25) is 0 Å². The quantitative estimate of drug-likeness (QED) is 0.261. The third-order valence-corrected chi connectivity index (χ3v) is 8.90. The van der Waals surface area contributed by atoms with E-state index in [1.54, 1.807) is 30.3 Å². The molecule has 9 heteroatoms. The predicted molar refractivity (Wildman–Crippen MR) is 146 cm³/mol. The molecule has 0 bridgehead atoms. The fraction of sp³-hybridized carbons (Fsp3) is 0.214. The number of sulfonamides is 1. The lowest BCUT2D eigenvalue weighted by Crippen LogP contribution is -2.35. The first-order valence-corrected chi connectivity index (χ1v) is 14.3. The number of nitrogens with one attached hydrogen (secondary N) is 1. The number of nitrogens with zero attached hydrogens (tertiary/aromatic N) is 1. The Kier molecular flexibility index (Phi) is 7.28. The molecular formula is C28H25BrN2O5S. The number of para-hydroxylation sites is 1. The van der Waals surface area contributed by atoms with Gasteiger partial charge in [-0.15, -0.1) is 0 Å². The monoisotopic (exact) mass is 580 g/mol. The van der Waals surface area contributed by atoms with Crippen LogP contribution in [0.15, 0.2) is 86.6 Å². The fourth-order valence-corrected chi connectivity index (χ4v) is 6.23. The predicted octanol–water partition coefficient (Wildman–Crippen LogP) is 5.90. The first kappa shape index (κ1) is 25.4. The van der Waals surface area contributed by atoms with Gasteiger partial charge in [-0.1, -0.05) is 34.5 Å². The van der Waals surface area contributed by atoms with Crippen molar-refractivity contribution in [1.82, 2.24) is 4.31 Å². The van der Waals surface area contributed by atoms with E-state index in [0.29, 0.717) is 40.9 Å². The van der Waals surface area contributed by atoms with Crippen LogP contribution in [0.1, 0.15) is 45.7 Å².